The topological polar surface area (TPSA) is 64.3 Å². The molecule has 2 aromatic rings. The average molecular weight is 318 g/mol. The summed E-state index contributed by atoms with van der Waals surface area (Å²) < 4.78 is 33.0. The number of methoxy groups -OCH3 is 1. The van der Waals surface area contributed by atoms with E-state index in [0.29, 0.717) is 17.9 Å². The molecule has 0 saturated carbocycles. The fraction of sp³-hybridized carbons (Fsp3) is 0.353. The molecule has 1 aromatic carbocycles. The normalized spacial score (nSPS) is 28.0. The van der Waals surface area contributed by atoms with Gasteiger partial charge in [-0.3, -0.25) is 5.32 Å². The van der Waals surface area contributed by atoms with Gasteiger partial charge in [-0.15, -0.1) is 0 Å². The molecule has 1 saturated heterocycles. The fourth-order valence-corrected chi connectivity index (χ4v) is 3.90. The lowest BCUT2D eigenvalue weighted by Crippen LogP contribution is -2.34. The fourth-order valence-electron chi connectivity index (χ4n) is 3.90. The number of ether oxygens (including phenoxy) is 1. The molecule has 2 aliphatic rings. The van der Waals surface area contributed by atoms with Gasteiger partial charge in [-0.1, -0.05) is 6.07 Å². The van der Waals surface area contributed by atoms with Gasteiger partial charge < -0.3 is 9.84 Å². The average Bonchev–Trinajstić information content (AvgIpc) is 3.29. The van der Waals surface area contributed by atoms with Gasteiger partial charge in [0.1, 0.15) is 11.6 Å². The molecule has 0 radical (unpaired) electrons. The Labute approximate surface area is 132 Å². The summed E-state index contributed by atoms with van der Waals surface area (Å²) in [6, 6.07) is 5.27. The molecule has 1 aliphatic carbocycles. The van der Waals surface area contributed by atoms with E-state index in [1.165, 1.54) is 12.1 Å². The quantitative estimate of drug-likeness (QED) is 0.851. The number of aliphatic hydroxyl groups excluding tert-OH is 1. The molecule has 4 rings (SSSR count). The third kappa shape index (κ3) is 1.91. The van der Waals surface area contributed by atoms with Crippen LogP contribution in [0.25, 0.3) is 0 Å². The number of aliphatic hydroxyl groups is 1. The van der Waals surface area contributed by atoms with Crippen LogP contribution in [0.4, 0.5) is 8.78 Å². The molecule has 0 bridgehead atoms. The van der Waals surface area contributed by atoms with Crippen molar-refractivity contribution in [3.63, 3.8) is 0 Å². The summed E-state index contributed by atoms with van der Waals surface area (Å²) in [5, 5.41) is 13.1. The number of hydrogen-bond donors (Lipinski definition) is 2. The van der Waals surface area contributed by atoms with Crippen molar-refractivity contribution in [1.82, 2.24) is 10.3 Å². The van der Waals surface area contributed by atoms with Crippen molar-refractivity contribution in [2.45, 2.75) is 18.0 Å². The summed E-state index contributed by atoms with van der Waals surface area (Å²) in [6.07, 6.45) is 2.24. The minimum Gasteiger partial charge on any atom is -0.481 e. The minimum atomic E-state index is -0.740. The molecule has 23 heavy (non-hydrogen) atoms. The molecule has 0 spiro atoms. The molecule has 2 heterocycles. The second-order valence-electron chi connectivity index (χ2n) is 6.05. The second kappa shape index (κ2) is 4.97. The SMILES string of the molecule is COc1nccc2c1[C@@H]1N[C@]1(c1ccc(F)cc1F)[C@H](CO)C2. The molecule has 1 aliphatic heterocycles. The maximum Gasteiger partial charge on any atom is 0.218 e. The molecule has 2 N–H and O–H groups in total. The van der Waals surface area contributed by atoms with E-state index in [-0.39, 0.29) is 18.6 Å². The van der Waals surface area contributed by atoms with Gasteiger partial charge in [0, 0.05) is 35.9 Å². The van der Waals surface area contributed by atoms with Crippen LogP contribution in [0.5, 0.6) is 5.88 Å². The van der Waals surface area contributed by atoms with Crippen molar-refractivity contribution in [2.24, 2.45) is 5.92 Å². The Bertz CT molecular complexity index is 783. The van der Waals surface area contributed by atoms with Crippen LogP contribution in [0.1, 0.15) is 22.7 Å². The van der Waals surface area contributed by atoms with Gasteiger partial charge in [-0.2, -0.15) is 0 Å². The molecule has 1 fully saturated rings. The molecule has 6 heteroatoms. The zero-order valence-corrected chi connectivity index (χ0v) is 12.5. The van der Waals surface area contributed by atoms with Gasteiger partial charge in [0.2, 0.25) is 5.88 Å². The summed E-state index contributed by atoms with van der Waals surface area (Å²) in [5.41, 5.74) is 1.56. The monoisotopic (exact) mass is 318 g/mol. The van der Waals surface area contributed by atoms with Crippen molar-refractivity contribution >= 4 is 0 Å². The lowest BCUT2D eigenvalue weighted by molar-refractivity contribution is 0.181. The molecular formula is C17H16F2N2O2. The Morgan fingerprint density at radius 3 is 2.91 bits per heavy atom. The van der Waals surface area contributed by atoms with Gasteiger partial charge in [-0.05, 0) is 24.1 Å². The number of hydrogen-bond acceptors (Lipinski definition) is 4. The summed E-state index contributed by atoms with van der Waals surface area (Å²) in [4.78, 5) is 4.22. The number of nitrogens with one attached hydrogen (secondary N) is 1. The first kappa shape index (κ1) is 14.5. The van der Waals surface area contributed by atoms with Crippen LogP contribution in [0, 0.1) is 17.6 Å². The standard InChI is InChI=1S/C17H16F2N2O2/c1-23-16-14-9(4-5-20-16)6-10(8-22)17(15(14)21-17)12-3-2-11(18)7-13(12)19/h2-5,7,10,15,21-22H,6,8H2,1H3/t10-,15-,17-/m0/s1. The van der Waals surface area contributed by atoms with E-state index in [4.69, 9.17) is 4.74 Å². The number of nitrogens with zero attached hydrogens (tertiary/aromatic N) is 1. The Hall–Kier alpha value is -2.05. The van der Waals surface area contributed by atoms with Crippen LogP contribution >= 0.6 is 0 Å². The number of halogens is 2. The summed E-state index contributed by atoms with van der Waals surface area (Å²) in [6.45, 7) is -0.0929. The second-order valence-corrected chi connectivity index (χ2v) is 6.05. The third-order valence-electron chi connectivity index (χ3n) is 4.99. The highest BCUT2D eigenvalue weighted by atomic mass is 19.1. The van der Waals surface area contributed by atoms with Gasteiger partial charge in [0.05, 0.1) is 18.7 Å². The third-order valence-corrected chi connectivity index (χ3v) is 4.99. The Morgan fingerprint density at radius 2 is 2.22 bits per heavy atom. The Balaban J connectivity index is 1.87. The zero-order valence-electron chi connectivity index (χ0n) is 12.5. The number of aromatic nitrogens is 1. The first-order chi connectivity index (χ1) is 11.1. The summed E-state index contributed by atoms with van der Waals surface area (Å²) in [7, 11) is 1.54. The molecule has 3 atom stereocenters. The smallest absolute Gasteiger partial charge is 0.218 e. The van der Waals surface area contributed by atoms with Gasteiger partial charge in [0.15, 0.2) is 0 Å². The van der Waals surface area contributed by atoms with Crippen LogP contribution in [-0.4, -0.2) is 23.8 Å². The van der Waals surface area contributed by atoms with E-state index in [0.717, 1.165) is 17.2 Å². The maximum absolute atomic E-state index is 14.4. The summed E-state index contributed by atoms with van der Waals surface area (Å²) in [5.74, 6) is -0.923. The van der Waals surface area contributed by atoms with Crippen LogP contribution in [0.2, 0.25) is 0 Å². The summed E-state index contributed by atoms with van der Waals surface area (Å²) >= 11 is 0. The van der Waals surface area contributed by atoms with Gasteiger partial charge in [-0.25, -0.2) is 13.8 Å². The predicted octanol–water partition coefficient (Wildman–Crippen LogP) is 2.07. The van der Waals surface area contributed by atoms with Crippen molar-refractivity contribution in [3.8, 4) is 5.88 Å². The van der Waals surface area contributed by atoms with Crippen molar-refractivity contribution in [2.75, 3.05) is 13.7 Å². The number of pyridine rings is 1. The highest BCUT2D eigenvalue weighted by Gasteiger charge is 2.64. The molecule has 4 nitrogen and oxygen atoms in total. The van der Waals surface area contributed by atoms with E-state index in [1.54, 1.807) is 13.3 Å². The molecule has 120 valence electrons. The maximum atomic E-state index is 14.4. The van der Waals surface area contributed by atoms with E-state index < -0.39 is 17.2 Å². The molecule has 0 unspecified atom stereocenters. The van der Waals surface area contributed by atoms with Crippen molar-refractivity contribution in [3.05, 3.63) is 58.8 Å². The predicted molar refractivity (Wildman–Crippen MR) is 79.0 cm³/mol. The zero-order chi connectivity index (χ0) is 16.2. The highest BCUT2D eigenvalue weighted by Crippen LogP contribution is 2.60. The van der Waals surface area contributed by atoms with Gasteiger partial charge in [0.25, 0.3) is 0 Å². The minimum absolute atomic E-state index is 0.0929. The molecule has 0 amide bonds. The van der Waals surface area contributed by atoms with E-state index in [9.17, 15) is 13.9 Å². The van der Waals surface area contributed by atoms with E-state index >= 15 is 0 Å². The first-order valence-corrected chi connectivity index (χ1v) is 7.47. The van der Waals surface area contributed by atoms with Crippen LogP contribution in [-0.2, 0) is 12.0 Å². The molecular weight excluding hydrogens is 302 g/mol. The van der Waals surface area contributed by atoms with E-state index in [1.807, 2.05) is 6.07 Å². The Kier molecular flexibility index (Phi) is 3.14. The van der Waals surface area contributed by atoms with Crippen LogP contribution < -0.4 is 10.1 Å². The number of benzene rings is 1. The number of fused-ring (bicyclic) bond motifs is 3. The van der Waals surface area contributed by atoms with Crippen molar-refractivity contribution in [1.29, 1.82) is 0 Å². The number of rotatable bonds is 3. The lowest BCUT2D eigenvalue weighted by Gasteiger charge is -2.31. The lowest BCUT2D eigenvalue weighted by atomic mass is 9.72. The first-order valence-electron chi connectivity index (χ1n) is 7.47. The van der Waals surface area contributed by atoms with Crippen LogP contribution in [0.15, 0.2) is 30.5 Å². The Morgan fingerprint density at radius 1 is 1.39 bits per heavy atom. The van der Waals surface area contributed by atoms with E-state index in [2.05, 4.69) is 10.3 Å². The van der Waals surface area contributed by atoms with Crippen molar-refractivity contribution < 1.29 is 18.6 Å². The van der Waals surface area contributed by atoms with Gasteiger partial charge >= 0.3 is 0 Å². The largest absolute Gasteiger partial charge is 0.481 e. The van der Waals surface area contributed by atoms with Crippen LogP contribution in [0.3, 0.4) is 0 Å². The highest BCUT2D eigenvalue weighted by molar-refractivity contribution is 5.52. The molecule has 1 aromatic heterocycles.